The fourth-order valence-corrected chi connectivity index (χ4v) is 3.25. The molecule has 2 heterocycles. The lowest BCUT2D eigenvalue weighted by molar-refractivity contribution is -0.137. The molecule has 0 bridgehead atoms. The summed E-state index contributed by atoms with van der Waals surface area (Å²) in [6.07, 6.45) is -3.23. The Morgan fingerprint density at radius 2 is 2.06 bits per heavy atom. The van der Waals surface area contributed by atoms with Crippen molar-refractivity contribution in [3.8, 4) is 0 Å². The first kappa shape index (κ1) is 24.9. The number of benzene rings is 1. The highest BCUT2D eigenvalue weighted by molar-refractivity contribution is 6.40. The van der Waals surface area contributed by atoms with Crippen LogP contribution in [0.3, 0.4) is 0 Å². The molecule has 0 saturated carbocycles. The fraction of sp³-hybridized carbons (Fsp3) is 0.263. The summed E-state index contributed by atoms with van der Waals surface area (Å²) >= 11 is 17.7. The molecule has 0 saturated heterocycles. The zero-order valence-electron chi connectivity index (χ0n) is 16.5. The molecule has 33 heavy (non-hydrogen) atoms. The number of amides is 1. The minimum atomic E-state index is -4.54. The van der Waals surface area contributed by atoms with Gasteiger partial charge in [0, 0.05) is 28.2 Å². The maximum Gasteiger partial charge on any atom is 0.417 e. The standard InChI is InChI=1S/C19H15Cl3F3N5O3/c20-12-2-1-10(14(21)4-12)8-32-29-9-28-18(31)16-5-13(33-30-16)7-27-17-15(22)3-11(6-26-17)19(23,24)25/h1-4,6,9,13H,5,7-8H2,(H,26,27)(H,28,29,31). The maximum atomic E-state index is 12.7. The third kappa shape index (κ3) is 7.11. The molecule has 1 unspecified atom stereocenters. The number of nitrogens with one attached hydrogen (secondary N) is 2. The van der Waals surface area contributed by atoms with E-state index in [0.29, 0.717) is 21.8 Å². The van der Waals surface area contributed by atoms with E-state index in [0.717, 1.165) is 12.4 Å². The lowest BCUT2D eigenvalue weighted by Crippen LogP contribution is -2.31. The molecule has 3 rings (SSSR count). The van der Waals surface area contributed by atoms with Crippen LogP contribution in [0, 0.1) is 0 Å². The molecule has 1 aliphatic rings. The summed E-state index contributed by atoms with van der Waals surface area (Å²) in [4.78, 5) is 26.0. The van der Waals surface area contributed by atoms with Gasteiger partial charge in [0.2, 0.25) is 0 Å². The number of pyridine rings is 1. The zero-order valence-corrected chi connectivity index (χ0v) is 18.8. The lowest BCUT2D eigenvalue weighted by Gasteiger charge is -2.13. The Kier molecular flexibility index (Phi) is 8.22. The summed E-state index contributed by atoms with van der Waals surface area (Å²) in [7, 11) is 0. The molecule has 0 aliphatic carbocycles. The van der Waals surface area contributed by atoms with Crippen LogP contribution in [0.15, 0.2) is 40.8 Å². The molecule has 8 nitrogen and oxygen atoms in total. The van der Waals surface area contributed by atoms with Gasteiger partial charge in [-0.05, 0) is 18.2 Å². The van der Waals surface area contributed by atoms with E-state index in [1.807, 2.05) is 0 Å². The first-order valence-electron chi connectivity index (χ1n) is 9.21. The molecular weight excluding hydrogens is 510 g/mol. The fourth-order valence-electron chi connectivity index (χ4n) is 2.56. The van der Waals surface area contributed by atoms with Gasteiger partial charge >= 0.3 is 6.18 Å². The third-order valence-electron chi connectivity index (χ3n) is 4.22. The molecule has 0 spiro atoms. The van der Waals surface area contributed by atoms with Crippen molar-refractivity contribution in [3.05, 3.63) is 56.7 Å². The van der Waals surface area contributed by atoms with Gasteiger partial charge in [0.05, 0.1) is 17.1 Å². The Morgan fingerprint density at radius 3 is 2.76 bits per heavy atom. The van der Waals surface area contributed by atoms with E-state index in [9.17, 15) is 18.0 Å². The molecule has 2 aromatic rings. The summed E-state index contributed by atoms with van der Waals surface area (Å²) in [6, 6.07) is 5.68. The molecule has 0 radical (unpaired) electrons. The van der Waals surface area contributed by atoms with Crippen molar-refractivity contribution in [1.82, 2.24) is 10.3 Å². The number of halogens is 6. The summed E-state index contributed by atoms with van der Waals surface area (Å²) in [6.45, 7) is 0.179. The third-order valence-corrected chi connectivity index (χ3v) is 5.09. The Balaban J connectivity index is 1.40. The molecule has 1 aromatic carbocycles. The number of carbonyl (C=O) groups excluding carboxylic acids is 1. The van der Waals surface area contributed by atoms with Crippen LogP contribution >= 0.6 is 34.8 Å². The van der Waals surface area contributed by atoms with E-state index in [1.54, 1.807) is 18.2 Å². The van der Waals surface area contributed by atoms with Gasteiger partial charge in [-0.3, -0.25) is 4.79 Å². The quantitative estimate of drug-likeness (QED) is 0.291. The number of anilines is 1. The van der Waals surface area contributed by atoms with Crippen LogP contribution in [-0.2, 0) is 27.3 Å². The van der Waals surface area contributed by atoms with Crippen LogP contribution in [0.25, 0.3) is 0 Å². The van der Waals surface area contributed by atoms with Gasteiger partial charge in [-0.15, -0.1) is 0 Å². The van der Waals surface area contributed by atoms with Gasteiger partial charge < -0.3 is 20.3 Å². The van der Waals surface area contributed by atoms with E-state index in [1.165, 1.54) is 0 Å². The highest BCUT2D eigenvalue weighted by Gasteiger charge is 2.32. The second kappa shape index (κ2) is 10.9. The smallest absolute Gasteiger partial charge is 0.390 e. The zero-order chi connectivity index (χ0) is 24.0. The van der Waals surface area contributed by atoms with E-state index in [2.05, 4.69) is 25.9 Å². The second-order valence-electron chi connectivity index (χ2n) is 6.62. The number of carbonyl (C=O) groups is 1. The maximum absolute atomic E-state index is 12.7. The van der Waals surface area contributed by atoms with Gasteiger partial charge in [0.15, 0.2) is 6.10 Å². The predicted octanol–water partition coefficient (Wildman–Crippen LogP) is 4.89. The van der Waals surface area contributed by atoms with E-state index < -0.39 is 23.8 Å². The van der Waals surface area contributed by atoms with Crippen LogP contribution < -0.4 is 10.6 Å². The number of nitrogens with zero attached hydrogens (tertiary/aromatic N) is 3. The SMILES string of the molecule is O=C(NC=NOCc1ccc(Cl)cc1Cl)C1=NOC(CNc2ncc(C(F)(F)F)cc2Cl)C1. The predicted molar refractivity (Wildman–Crippen MR) is 118 cm³/mol. The second-order valence-corrected chi connectivity index (χ2v) is 7.87. The van der Waals surface area contributed by atoms with Crippen molar-refractivity contribution < 1.29 is 27.6 Å². The van der Waals surface area contributed by atoms with Gasteiger partial charge in [0.1, 0.15) is 24.5 Å². The van der Waals surface area contributed by atoms with Gasteiger partial charge in [-0.25, -0.2) is 4.98 Å². The monoisotopic (exact) mass is 523 g/mol. The van der Waals surface area contributed by atoms with Crippen molar-refractivity contribution in [2.75, 3.05) is 11.9 Å². The van der Waals surface area contributed by atoms with Crippen molar-refractivity contribution >= 4 is 58.6 Å². The summed E-state index contributed by atoms with van der Waals surface area (Å²) in [5.41, 5.74) is -0.198. The Morgan fingerprint density at radius 1 is 1.27 bits per heavy atom. The van der Waals surface area contributed by atoms with Gasteiger partial charge in [-0.1, -0.05) is 51.2 Å². The van der Waals surface area contributed by atoms with Crippen molar-refractivity contribution in [2.24, 2.45) is 10.3 Å². The molecule has 1 aromatic heterocycles. The van der Waals surface area contributed by atoms with Crippen LogP contribution in [0.1, 0.15) is 17.5 Å². The van der Waals surface area contributed by atoms with E-state index in [-0.39, 0.29) is 36.1 Å². The number of hydrogen-bond donors (Lipinski definition) is 2. The lowest BCUT2D eigenvalue weighted by atomic mass is 10.1. The van der Waals surface area contributed by atoms with Crippen LogP contribution in [0.2, 0.25) is 15.1 Å². The molecule has 0 fully saturated rings. The van der Waals surface area contributed by atoms with Gasteiger partial charge in [-0.2, -0.15) is 13.2 Å². The Bertz CT molecular complexity index is 1080. The van der Waals surface area contributed by atoms with Crippen LogP contribution in [-0.4, -0.2) is 35.6 Å². The van der Waals surface area contributed by atoms with Crippen molar-refractivity contribution in [3.63, 3.8) is 0 Å². The molecule has 1 atom stereocenters. The topological polar surface area (TPSA) is 97.2 Å². The highest BCUT2D eigenvalue weighted by Crippen LogP contribution is 2.32. The largest absolute Gasteiger partial charge is 0.417 e. The normalized spacial score (nSPS) is 15.8. The van der Waals surface area contributed by atoms with Crippen molar-refractivity contribution in [1.29, 1.82) is 0 Å². The van der Waals surface area contributed by atoms with Crippen LogP contribution in [0.5, 0.6) is 0 Å². The summed E-state index contributed by atoms with van der Waals surface area (Å²) < 4.78 is 38.0. The molecule has 176 valence electrons. The summed E-state index contributed by atoms with van der Waals surface area (Å²) in [5, 5.41) is 13.2. The molecular formula is C19H15Cl3F3N5O3. The average molecular weight is 525 g/mol. The molecule has 1 amide bonds. The van der Waals surface area contributed by atoms with E-state index >= 15 is 0 Å². The molecule has 1 aliphatic heterocycles. The minimum absolute atomic E-state index is 0.0521. The highest BCUT2D eigenvalue weighted by atomic mass is 35.5. The van der Waals surface area contributed by atoms with Gasteiger partial charge in [0.25, 0.3) is 5.91 Å². The minimum Gasteiger partial charge on any atom is -0.390 e. The van der Waals surface area contributed by atoms with E-state index in [4.69, 9.17) is 44.5 Å². The number of oxime groups is 2. The van der Waals surface area contributed by atoms with Crippen LogP contribution in [0.4, 0.5) is 19.0 Å². The number of hydrogen-bond acceptors (Lipinski definition) is 7. The van der Waals surface area contributed by atoms with Crippen molar-refractivity contribution in [2.45, 2.75) is 25.3 Å². The Labute approximate surface area is 200 Å². The average Bonchev–Trinajstić information content (AvgIpc) is 3.22. The first-order chi connectivity index (χ1) is 15.6. The molecule has 2 N–H and O–H groups in total. The number of aromatic nitrogens is 1. The molecule has 14 heteroatoms. The summed E-state index contributed by atoms with van der Waals surface area (Å²) in [5.74, 6) is -0.503. The number of rotatable bonds is 8. The first-order valence-corrected chi connectivity index (χ1v) is 10.3. The Hall–Kier alpha value is -2.76. The number of alkyl halides is 3.